The van der Waals surface area contributed by atoms with Crippen LogP contribution in [0.4, 0.5) is 5.82 Å². The first-order chi connectivity index (χ1) is 9.06. The first-order valence-corrected chi connectivity index (χ1v) is 7.55. The molecule has 0 N–H and O–H groups in total. The number of thiophene rings is 1. The van der Waals surface area contributed by atoms with E-state index < -0.39 is 0 Å². The molecular weight excluding hydrogens is 256 g/mol. The second-order valence-corrected chi connectivity index (χ2v) is 6.55. The molecule has 1 saturated heterocycles. The molecule has 0 radical (unpaired) electrons. The third kappa shape index (κ3) is 2.21. The van der Waals surface area contributed by atoms with Crippen molar-refractivity contribution in [2.45, 2.75) is 20.8 Å². The molecule has 0 saturated carbocycles. The Morgan fingerprint density at radius 3 is 2.37 bits per heavy atom. The van der Waals surface area contributed by atoms with Crippen LogP contribution in [-0.4, -0.2) is 48.1 Å². The molecule has 3 rings (SSSR count). The number of nitrogens with zero attached hydrogens (tertiary/aromatic N) is 4. The van der Waals surface area contributed by atoms with Gasteiger partial charge in [-0.25, -0.2) is 9.97 Å². The van der Waals surface area contributed by atoms with Gasteiger partial charge in [-0.1, -0.05) is 0 Å². The fourth-order valence-electron chi connectivity index (χ4n) is 2.58. The monoisotopic (exact) mass is 276 g/mol. The van der Waals surface area contributed by atoms with Crippen LogP contribution in [0.2, 0.25) is 0 Å². The molecule has 2 aromatic rings. The lowest BCUT2D eigenvalue weighted by molar-refractivity contribution is 0.312. The summed E-state index contributed by atoms with van der Waals surface area (Å²) in [6.07, 6.45) is 0. The lowest BCUT2D eigenvalue weighted by Gasteiger charge is -2.33. The molecule has 0 amide bonds. The van der Waals surface area contributed by atoms with Crippen LogP contribution in [0.25, 0.3) is 10.2 Å². The first-order valence-electron chi connectivity index (χ1n) is 6.74. The van der Waals surface area contributed by atoms with Gasteiger partial charge in [0.05, 0.1) is 5.39 Å². The van der Waals surface area contributed by atoms with Gasteiger partial charge in [0.2, 0.25) is 0 Å². The molecule has 1 fully saturated rings. The standard InChI is InChI=1S/C14H20N4S/c1-9-10(2)19-14-12(9)13(15-11(3)16-14)18-7-5-17(4)6-8-18/h5-8H2,1-4H3. The molecule has 4 nitrogen and oxygen atoms in total. The van der Waals surface area contributed by atoms with Crippen molar-refractivity contribution >= 4 is 27.4 Å². The molecule has 0 atom stereocenters. The third-order valence-corrected chi connectivity index (χ3v) is 5.03. The zero-order chi connectivity index (χ0) is 13.6. The van der Waals surface area contributed by atoms with E-state index in [0.717, 1.165) is 42.7 Å². The van der Waals surface area contributed by atoms with Crippen molar-refractivity contribution in [1.29, 1.82) is 0 Å². The highest BCUT2D eigenvalue weighted by Gasteiger charge is 2.21. The van der Waals surface area contributed by atoms with E-state index in [9.17, 15) is 0 Å². The number of likely N-dealkylation sites (N-methyl/N-ethyl adjacent to an activating group) is 1. The second kappa shape index (κ2) is 4.72. The quantitative estimate of drug-likeness (QED) is 0.800. The van der Waals surface area contributed by atoms with Gasteiger partial charge >= 0.3 is 0 Å². The average molecular weight is 276 g/mol. The van der Waals surface area contributed by atoms with Crippen molar-refractivity contribution in [1.82, 2.24) is 14.9 Å². The summed E-state index contributed by atoms with van der Waals surface area (Å²) in [4.78, 5) is 16.6. The number of hydrogen-bond donors (Lipinski definition) is 0. The van der Waals surface area contributed by atoms with E-state index in [1.165, 1.54) is 15.8 Å². The molecule has 0 unspecified atom stereocenters. The van der Waals surface area contributed by atoms with Crippen molar-refractivity contribution in [3.63, 3.8) is 0 Å². The first kappa shape index (κ1) is 12.8. The van der Waals surface area contributed by atoms with Crippen molar-refractivity contribution in [3.8, 4) is 0 Å². The number of piperazine rings is 1. The van der Waals surface area contributed by atoms with Gasteiger partial charge in [-0.3, -0.25) is 0 Å². The van der Waals surface area contributed by atoms with Crippen LogP contribution in [-0.2, 0) is 0 Å². The van der Waals surface area contributed by atoms with E-state index in [1.54, 1.807) is 11.3 Å². The normalized spacial score (nSPS) is 17.4. The minimum absolute atomic E-state index is 0.877. The minimum Gasteiger partial charge on any atom is -0.353 e. The second-order valence-electron chi connectivity index (χ2n) is 5.35. The number of aryl methyl sites for hydroxylation is 3. The maximum absolute atomic E-state index is 4.73. The largest absolute Gasteiger partial charge is 0.353 e. The Labute approximate surface area is 118 Å². The van der Waals surface area contributed by atoms with Gasteiger partial charge in [-0.05, 0) is 33.4 Å². The van der Waals surface area contributed by atoms with E-state index in [-0.39, 0.29) is 0 Å². The Morgan fingerprint density at radius 2 is 1.68 bits per heavy atom. The van der Waals surface area contributed by atoms with Crippen LogP contribution in [0, 0.1) is 20.8 Å². The number of aromatic nitrogens is 2. The number of rotatable bonds is 1. The summed E-state index contributed by atoms with van der Waals surface area (Å²) >= 11 is 1.78. The number of fused-ring (bicyclic) bond motifs is 1. The van der Waals surface area contributed by atoms with Gasteiger partial charge in [-0.2, -0.15) is 0 Å². The summed E-state index contributed by atoms with van der Waals surface area (Å²) in [5.74, 6) is 2.01. The summed E-state index contributed by atoms with van der Waals surface area (Å²) < 4.78 is 0. The summed E-state index contributed by atoms with van der Waals surface area (Å²) in [5, 5.41) is 1.26. The highest BCUT2D eigenvalue weighted by atomic mass is 32.1. The van der Waals surface area contributed by atoms with Crippen molar-refractivity contribution in [2.75, 3.05) is 38.1 Å². The van der Waals surface area contributed by atoms with Gasteiger partial charge in [0, 0.05) is 31.1 Å². The lowest BCUT2D eigenvalue weighted by Crippen LogP contribution is -2.45. The Hall–Kier alpha value is -1.20. The van der Waals surface area contributed by atoms with E-state index >= 15 is 0 Å². The smallest absolute Gasteiger partial charge is 0.141 e. The third-order valence-electron chi connectivity index (χ3n) is 3.92. The summed E-state index contributed by atoms with van der Waals surface area (Å²) in [7, 11) is 2.18. The topological polar surface area (TPSA) is 32.3 Å². The molecule has 5 heteroatoms. The van der Waals surface area contributed by atoms with E-state index in [1.807, 2.05) is 6.92 Å². The molecular formula is C14H20N4S. The van der Waals surface area contributed by atoms with Gasteiger partial charge < -0.3 is 9.80 Å². The summed E-state index contributed by atoms with van der Waals surface area (Å²) in [5.41, 5.74) is 1.34. The predicted octanol–water partition coefficient (Wildman–Crippen LogP) is 2.37. The van der Waals surface area contributed by atoms with Crippen molar-refractivity contribution in [3.05, 3.63) is 16.3 Å². The summed E-state index contributed by atoms with van der Waals surface area (Å²) in [6.45, 7) is 10.7. The molecule has 0 aromatic carbocycles. The van der Waals surface area contributed by atoms with Crippen LogP contribution in [0.5, 0.6) is 0 Å². The Balaban J connectivity index is 2.11. The van der Waals surface area contributed by atoms with Gasteiger partial charge in [0.25, 0.3) is 0 Å². The van der Waals surface area contributed by atoms with Gasteiger partial charge in [0.15, 0.2) is 0 Å². The van der Waals surface area contributed by atoms with Crippen LogP contribution < -0.4 is 4.90 Å². The molecule has 0 bridgehead atoms. The average Bonchev–Trinajstić information content (AvgIpc) is 2.65. The molecule has 0 spiro atoms. The predicted molar refractivity (Wildman–Crippen MR) is 81.3 cm³/mol. The van der Waals surface area contributed by atoms with Gasteiger partial charge in [0.1, 0.15) is 16.5 Å². The Kier molecular flexibility index (Phi) is 3.19. The molecule has 19 heavy (non-hydrogen) atoms. The number of anilines is 1. The van der Waals surface area contributed by atoms with Crippen LogP contribution >= 0.6 is 11.3 Å². The molecule has 102 valence electrons. The van der Waals surface area contributed by atoms with E-state index in [4.69, 9.17) is 4.98 Å². The van der Waals surface area contributed by atoms with Crippen LogP contribution in [0.15, 0.2) is 0 Å². The summed E-state index contributed by atoms with van der Waals surface area (Å²) in [6, 6.07) is 0. The van der Waals surface area contributed by atoms with Crippen molar-refractivity contribution in [2.24, 2.45) is 0 Å². The molecule has 1 aliphatic rings. The lowest BCUT2D eigenvalue weighted by atomic mass is 10.2. The van der Waals surface area contributed by atoms with Crippen molar-refractivity contribution < 1.29 is 0 Å². The van der Waals surface area contributed by atoms with E-state index in [0.29, 0.717) is 0 Å². The maximum Gasteiger partial charge on any atom is 0.141 e. The van der Waals surface area contributed by atoms with Gasteiger partial charge in [-0.15, -0.1) is 11.3 Å². The fraction of sp³-hybridized carbons (Fsp3) is 0.571. The molecule has 3 heterocycles. The van der Waals surface area contributed by atoms with E-state index in [2.05, 4.69) is 35.7 Å². The Morgan fingerprint density at radius 1 is 1.00 bits per heavy atom. The maximum atomic E-state index is 4.73. The molecule has 0 aliphatic carbocycles. The number of hydrogen-bond acceptors (Lipinski definition) is 5. The zero-order valence-corrected chi connectivity index (χ0v) is 12.8. The van der Waals surface area contributed by atoms with Crippen LogP contribution in [0.1, 0.15) is 16.3 Å². The van der Waals surface area contributed by atoms with Crippen LogP contribution in [0.3, 0.4) is 0 Å². The Bertz CT molecular complexity index is 611. The minimum atomic E-state index is 0.877. The molecule has 1 aliphatic heterocycles. The zero-order valence-electron chi connectivity index (χ0n) is 12.0. The SMILES string of the molecule is Cc1nc(N2CCN(C)CC2)c2c(C)c(C)sc2n1. The highest BCUT2D eigenvalue weighted by Crippen LogP contribution is 2.35. The highest BCUT2D eigenvalue weighted by molar-refractivity contribution is 7.18. The fourth-order valence-corrected chi connectivity index (χ4v) is 3.65. The molecule has 2 aromatic heterocycles.